The standard InChI is InChI=1S/C19H30N4/c1-4-11-21-12-14-23(15-13-21)19(16-20)17-7-9-18(10-8-17)22(5-2)6-3/h7-10,19H,4-6,11-15H2,1-3H3. The number of benzene rings is 1. The third-order valence-corrected chi connectivity index (χ3v) is 4.77. The molecule has 1 aromatic rings. The number of nitrogens with zero attached hydrogens (tertiary/aromatic N) is 4. The molecule has 0 amide bonds. The molecule has 0 aliphatic carbocycles. The van der Waals surface area contributed by atoms with Crippen molar-refractivity contribution < 1.29 is 0 Å². The maximum atomic E-state index is 9.66. The number of rotatable bonds is 7. The molecule has 0 aromatic heterocycles. The minimum atomic E-state index is -0.121. The predicted octanol–water partition coefficient (Wildman–Crippen LogP) is 3.13. The molecule has 1 heterocycles. The first-order valence-corrected chi connectivity index (χ1v) is 8.94. The second kappa shape index (κ2) is 8.90. The lowest BCUT2D eigenvalue weighted by molar-refractivity contribution is 0.114. The molecule has 1 fully saturated rings. The monoisotopic (exact) mass is 314 g/mol. The lowest BCUT2D eigenvalue weighted by Gasteiger charge is -2.37. The molecule has 23 heavy (non-hydrogen) atoms. The van der Waals surface area contributed by atoms with Crippen LogP contribution in [0.15, 0.2) is 24.3 Å². The molecule has 126 valence electrons. The minimum absolute atomic E-state index is 0.121. The van der Waals surface area contributed by atoms with Crippen molar-refractivity contribution in [2.24, 2.45) is 0 Å². The predicted molar refractivity (Wildman–Crippen MR) is 96.7 cm³/mol. The van der Waals surface area contributed by atoms with Gasteiger partial charge >= 0.3 is 0 Å². The lowest BCUT2D eigenvalue weighted by Crippen LogP contribution is -2.47. The fourth-order valence-electron chi connectivity index (χ4n) is 3.38. The lowest BCUT2D eigenvalue weighted by atomic mass is 10.0. The van der Waals surface area contributed by atoms with Gasteiger partial charge in [-0.1, -0.05) is 19.1 Å². The van der Waals surface area contributed by atoms with Gasteiger partial charge in [0.25, 0.3) is 0 Å². The summed E-state index contributed by atoms with van der Waals surface area (Å²) in [5.41, 5.74) is 2.36. The van der Waals surface area contributed by atoms with E-state index < -0.39 is 0 Å². The van der Waals surface area contributed by atoms with Crippen LogP contribution in [-0.2, 0) is 0 Å². The first kappa shape index (κ1) is 17.8. The second-order valence-corrected chi connectivity index (χ2v) is 6.17. The van der Waals surface area contributed by atoms with Gasteiger partial charge in [0, 0.05) is 45.0 Å². The zero-order valence-corrected chi connectivity index (χ0v) is 14.8. The molecule has 2 rings (SSSR count). The number of piperazine rings is 1. The molecule has 1 aliphatic rings. The fourth-order valence-corrected chi connectivity index (χ4v) is 3.38. The number of hydrogen-bond acceptors (Lipinski definition) is 4. The van der Waals surface area contributed by atoms with Gasteiger partial charge in [0.1, 0.15) is 6.04 Å². The van der Waals surface area contributed by atoms with Gasteiger partial charge in [-0.3, -0.25) is 4.90 Å². The van der Waals surface area contributed by atoms with Crippen LogP contribution < -0.4 is 4.90 Å². The molecule has 0 spiro atoms. The summed E-state index contributed by atoms with van der Waals surface area (Å²) < 4.78 is 0. The summed E-state index contributed by atoms with van der Waals surface area (Å²) in [5, 5.41) is 9.66. The van der Waals surface area contributed by atoms with E-state index in [0.29, 0.717) is 0 Å². The smallest absolute Gasteiger partial charge is 0.123 e. The van der Waals surface area contributed by atoms with Crippen molar-refractivity contribution in [2.75, 3.05) is 50.7 Å². The summed E-state index contributed by atoms with van der Waals surface area (Å²) in [6, 6.07) is 10.9. The van der Waals surface area contributed by atoms with E-state index in [1.807, 2.05) is 0 Å². The molecular weight excluding hydrogens is 284 g/mol. The molecule has 1 unspecified atom stereocenters. The topological polar surface area (TPSA) is 33.5 Å². The summed E-state index contributed by atoms with van der Waals surface area (Å²) >= 11 is 0. The van der Waals surface area contributed by atoms with Gasteiger partial charge in [-0.2, -0.15) is 5.26 Å². The van der Waals surface area contributed by atoms with Gasteiger partial charge in [-0.15, -0.1) is 0 Å². The van der Waals surface area contributed by atoms with Crippen molar-refractivity contribution in [1.29, 1.82) is 5.26 Å². The quantitative estimate of drug-likeness (QED) is 0.774. The summed E-state index contributed by atoms with van der Waals surface area (Å²) in [6.45, 7) is 13.9. The molecule has 1 saturated heterocycles. The van der Waals surface area contributed by atoms with Gasteiger partial charge in [0.15, 0.2) is 0 Å². The average Bonchev–Trinajstić information content (AvgIpc) is 2.60. The van der Waals surface area contributed by atoms with Gasteiger partial charge < -0.3 is 9.80 Å². The molecule has 1 atom stereocenters. The minimum Gasteiger partial charge on any atom is -0.372 e. The van der Waals surface area contributed by atoms with Crippen molar-refractivity contribution in [2.45, 2.75) is 33.2 Å². The van der Waals surface area contributed by atoms with Gasteiger partial charge in [0.2, 0.25) is 0 Å². The summed E-state index contributed by atoms with van der Waals surface area (Å²) in [6.07, 6.45) is 1.20. The van der Waals surface area contributed by atoms with Crippen LogP contribution in [0.4, 0.5) is 5.69 Å². The summed E-state index contributed by atoms with van der Waals surface area (Å²) in [7, 11) is 0. The van der Waals surface area contributed by atoms with E-state index in [0.717, 1.165) is 44.8 Å². The van der Waals surface area contributed by atoms with E-state index in [-0.39, 0.29) is 6.04 Å². The highest BCUT2D eigenvalue weighted by Gasteiger charge is 2.24. The average molecular weight is 314 g/mol. The van der Waals surface area contributed by atoms with Crippen molar-refractivity contribution in [3.63, 3.8) is 0 Å². The van der Waals surface area contributed by atoms with Crippen LogP contribution in [0.2, 0.25) is 0 Å². The Morgan fingerprint density at radius 1 is 1.04 bits per heavy atom. The Hall–Kier alpha value is -1.57. The third kappa shape index (κ3) is 4.46. The Morgan fingerprint density at radius 2 is 1.65 bits per heavy atom. The van der Waals surface area contributed by atoms with Crippen LogP contribution in [0.1, 0.15) is 38.8 Å². The second-order valence-electron chi connectivity index (χ2n) is 6.17. The maximum Gasteiger partial charge on any atom is 0.123 e. The maximum absolute atomic E-state index is 9.66. The van der Waals surface area contributed by atoms with Crippen molar-refractivity contribution in [1.82, 2.24) is 9.80 Å². The van der Waals surface area contributed by atoms with E-state index in [4.69, 9.17) is 0 Å². The molecule has 0 bridgehead atoms. The van der Waals surface area contributed by atoms with Gasteiger partial charge in [-0.25, -0.2) is 0 Å². The van der Waals surface area contributed by atoms with Gasteiger partial charge in [0.05, 0.1) is 6.07 Å². The van der Waals surface area contributed by atoms with E-state index in [9.17, 15) is 5.26 Å². The Morgan fingerprint density at radius 3 is 2.13 bits per heavy atom. The molecule has 1 aliphatic heterocycles. The first-order chi connectivity index (χ1) is 11.2. The van der Waals surface area contributed by atoms with E-state index in [2.05, 4.69) is 65.8 Å². The fraction of sp³-hybridized carbons (Fsp3) is 0.632. The highest BCUT2D eigenvalue weighted by molar-refractivity contribution is 5.48. The summed E-state index contributed by atoms with van der Waals surface area (Å²) in [5.74, 6) is 0. The van der Waals surface area contributed by atoms with Crippen LogP contribution in [0.3, 0.4) is 0 Å². The third-order valence-electron chi connectivity index (χ3n) is 4.77. The summed E-state index contributed by atoms with van der Waals surface area (Å²) in [4.78, 5) is 7.14. The number of hydrogen-bond donors (Lipinski definition) is 0. The molecular formula is C19H30N4. The first-order valence-electron chi connectivity index (χ1n) is 8.94. The van der Waals surface area contributed by atoms with Crippen LogP contribution in [0, 0.1) is 11.3 Å². The van der Waals surface area contributed by atoms with Crippen molar-refractivity contribution in [3.05, 3.63) is 29.8 Å². The molecule has 0 N–H and O–H groups in total. The number of nitriles is 1. The Bertz CT molecular complexity index is 493. The van der Waals surface area contributed by atoms with Crippen molar-refractivity contribution >= 4 is 5.69 Å². The van der Waals surface area contributed by atoms with Gasteiger partial charge in [-0.05, 0) is 44.5 Å². The van der Waals surface area contributed by atoms with Crippen LogP contribution in [-0.4, -0.2) is 55.6 Å². The molecule has 4 heteroatoms. The molecule has 0 saturated carbocycles. The highest BCUT2D eigenvalue weighted by atomic mass is 15.3. The SMILES string of the molecule is CCCN1CCN(C(C#N)c2ccc(N(CC)CC)cc2)CC1. The Labute approximate surface area is 141 Å². The van der Waals surface area contributed by atoms with Crippen LogP contribution in [0.5, 0.6) is 0 Å². The van der Waals surface area contributed by atoms with Crippen molar-refractivity contribution in [3.8, 4) is 6.07 Å². The van der Waals surface area contributed by atoms with E-state index in [1.54, 1.807) is 0 Å². The highest BCUT2D eigenvalue weighted by Crippen LogP contribution is 2.24. The molecule has 0 radical (unpaired) electrons. The normalized spacial score (nSPS) is 17.7. The Kier molecular flexibility index (Phi) is 6.88. The zero-order chi connectivity index (χ0) is 16.7. The number of anilines is 1. The molecule has 1 aromatic carbocycles. The Balaban J connectivity index is 2.03. The zero-order valence-electron chi connectivity index (χ0n) is 14.8. The van der Waals surface area contributed by atoms with E-state index in [1.165, 1.54) is 18.7 Å². The van der Waals surface area contributed by atoms with E-state index >= 15 is 0 Å². The largest absolute Gasteiger partial charge is 0.372 e. The molecule has 4 nitrogen and oxygen atoms in total. The van der Waals surface area contributed by atoms with Crippen LogP contribution in [0.25, 0.3) is 0 Å². The van der Waals surface area contributed by atoms with Crippen LogP contribution >= 0.6 is 0 Å².